The first-order chi connectivity index (χ1) is 12.6. The molecule has 0 spiro atoms. The lowest BCUT2D eigenvalue weighted by atomic mass is 10.1. The Morgan fingerprint density at radius 1 is 1.08 bits per heavy atom. The Kier molecular flexibility index (Phi) is 6.05. The van der Waals surface area contributed by atoms with Crippen LogP contribution >= 0.6 is 0 Å². The van der Waals surface area contributed by atoms with Gasteiger partial charge < -0.3 is 10.1 Å². The summed E-state index contributed by atoms with van der Waals surface area (Å²) in [6, 6.07) is 15.0. The third kappa shape index (κ3) is 5.19. The van der Waals surface area contributed by atoms with E-state index in [1.165, 1.54) is 19.8 Å². The molecule has 1 N–H and O–H groups in total. The van der Waals surface area contributed by atoms with Crippen LogP contribution in [0.1, 0.15) is 54.9 Å². The predicted molar refractivity (Wildman–Crippen MR) is 103 cm³/mol. The molecule has 0 heterocycles. The zero-order valence-electron chi connectivity index (χ0n) is 15.2. The van der Waals surface area contributed by atoms with Gasteiger partial charge in [0.05, 0.1) is 6.10 Å². The smallest absolute Gasteiger partial charge is 0.224 e. The second kappa shape index (κ2) is 8.65. The lowest BCUT2D eigenvalue weighted by Crippen LogP contribution is -2.13. The number of carbonyl (C=O) groups excluding carboxylic acids is 2. The summed E-state index contributed by atoms with van der Waals surface area (Å²) >= 11 is 0. The number of ketones is 1. The first kappa shape index (κ1) is 18.2. The van der Waals surface area contributed by atoms with Crippen LogP contribution in [0.3, 0.4) is 0 Å². The average molecular weight is 351 g/mol. The van der Waals surface area contributed by atoms with Gasteiger partial charge in [-0.1, -0.05) is 12.1 Å². The van der Waals surface area contributed by atoms with Gasteiger partial charge in [-0.05, 0) is 81.0 Å². The molecule has 0 aliphatic heterocycles. The lowest BCUT2D eigenvalue weighted by molar-refractivity contribution is -0.116. The average Bonchev–Trinajstić information content (AvgIpc) is 3.14. The molecule has 1 amide bonds. The summed E-state index contributed by atoms with van der Waals surface area (Å²) in [6.07, 6.45) is 6.17. The molecule has 136 valence electrons. The van der Waals surface area contributed by atoms with Gasteiger partial charge in [-0.15, -0.1) is 0 Å². The second-order valence-electron chi connectivity index (χ2n) is 6.85. The zero-order valence-corrected chi connectivity index (χ0v) is 15.2. The van der Waals surface area contributed by atoms with E-state index in [1.54, 1.807) is 24.3 Å². The molecule has 1 aliphatic carbocycles. The fourth-order valence-electron chi connectivity index (χ4n) is 3.24. The molecule has 26 heavy (non-hydrogen) atoms. The number of hydrogen-bond donors (Lipinski definition) is 1. The molecule has 2 aromatic rings. The summed E-state index contributed by atoms with van der Waals surface area (Å²) < 4.78 is 6.02. The minimum absolute atomic E-state index is 0.0163. The summed E-state index contributed by atoms with van der Waals surface area (Å²) in [5.74, 6) is 0.875. The minimum atomic E-state index is -0.0392. The summed E-state index contributed by atoms with van der Waals surface area (Å²) in [7, 11) is 0. The van der Waals surface area contributed by atoms with Crippen LogP contribution in [-0.2, 0) is 11.2 Å². The van der Waals surface area contributed by atoms with Gasteiger partial charge >= 0.3 is 0 Å². The molecule has 4 heteroatoms. The Morgan fingerprint density at radius 2 is 1.81 bits per heavy atom. The van der Waals surface area contributed by atoms with Crippen LogP contribution < -0.4 is 10.1 Å². The molecule has 0 atom stereocenters. The zero-order chi connectivity index (χ0) is 18.4. The molecule has 4 nitrogen and oxygen atoms in total. The number of Topliss-reactive ketones (excluding diaryl/α,β-unsaturated/α-hetero) is 1. The number of nitrogens with one attached hydrogen (secondary N) is 1. The molecule has 0 aromatic heterocycles. The van der Waals surface area contributed by atoms with Crippen molar-refractivity contribution >= 4 is 17.4 Å². The number of carbonyl (C=O) groups is 2. The Bertz CT molecular complexity index is 761. The van der Waals surface area contributed by atoms with Gasteiger partial charge in [0.15, 0.2) is 5.78 Å². The Labute approximate surface area is 154 Å². The number of hydrogen-bond acceptors (Lipinski definition) is 3. The van der Waals surface area contributed by atoms with Gasteiger partial charge in [-0.2, -0.15) is 0 Å². The van der Waals surface area contributed by atoms with E-state index in [2.05, 4.69) is 5.32 Å². The van der Waals surface area contributed by atoms with Crippen LogP contribution in [0.25, 0.3) is 0 Å². The van der Waals surface area contributed by atoms with Crippen LogP contribution in [0.2, 0.25) is 0 Å². The van der Waals surface area contributed by atoms with E-state index in [0.29, 0.717) is 30.2 Å². The SMILES string of the molecule is CC(=O)c1ccc(NC(=O)CCc2cccc(OC3CCCC3)c2)cc1. The maximum absolute atomic E-state index is 12.2. The highest BCUT2D eigenvalue weighted by atomic mass is 16.5. The summed E-state index contributed by atoms with van der Waals surface area (Å²) in [5.41, 5.74) is 2.45. The topological polar surface area (TPSA) is 55.4 Å². The number of amides is 1. The highest BCUT2D eigenvalue weighted by Crippen LogP contribution is 2.25. The van der Waals surface area contributed by atoms with Crippen molar-refractivity contribution in [1.29, 1.82) is 0 Å². The third-order valence-electron chi connectivity index (χ3n) is 4.72. The molecule has 0 saturated heterocycles. The third-order valence-corrected chi connectivity index (χ3v) is 4.72. The first-order valence-electron chi connectivity index (χ1n) is 9.26. The van der Waals surface area contributed by atoms with Gasteiger partial charge in [0.25, 0.3) is 0 Å². The number of benzene rings is 2. The van der Waals surface area contributed by atoms with E-state index < -0.39 is 0 Å². The Morgan fingerprint density at radius 3 is 2.50 bits per heavy atom. The lowest BCUT2D eigenvalue weighted by Gasteiger charge is -2.13. The molecule has 1 saturated carbocycles. The van der Waals surface area contributed by atoms with Crippen molar-refractivity contribution in [1.82, 2.24) is 0 Å². The standard InChI is InChI=1S/C22H25NO3/c1-16(24)18-10-12-19(13-11-18)23-22(25)14-9-17-5-4-8-21(15-17)26-20-6-2-3-7-20/h4-5,8,10-13,15,20H,2-3,6-7,9,14H2,1H3,(H,23,25). The van der Waals surface area contributed by atoms with Crippen molar-refractivity contribution < 1.29 is 14.3 Å². The second-order valence-corrected chi connectivity index (χ2v) is 6.85. The molecule has 3 rings (SSSR count). The largest absolute Gasteiger partial charge is 0.490 e. The molecule has 0 bridgehead atoms. The van der Waals surface area contributed by atoms with Gasteiger partial charge in [-0.25, -0.2) is 0 Å². The van der Waals surface area contributed by atoms with Crippen molar-refractivity contribution in [2.24, 2.45) is 0 Å². The fraction of sp³-hybridized carbons (Fsp3) is 0.364. The van der Waals surface area contributed by atoms with Crippen LogP contribution in [0, 0.1) is 0 Å². The monoisotopic (exact) mass is 351 g/mol. The van der Waals surface area contributed by atoms with Gasteiger partial charge in [0, 0.05) is 17.7 Å². The van der Waals surface area contributed by atoms with E-state index in [9.17, 15) is 9.59 Å². The van der Waals surface area contributed by atoms with E-state index in [4.69, 9.17) is 4.74 Å². The number of rotatable bonds is 7. The van der Waals surface area contributed by atoms with Crippen LogP contribution in [0.15, 0.2) is 48.5 Å². The molecule has 0 unspecified atom stereocenters. The maximum atomic E-state index is 12.2. The van der Waals surface area contributed by atoms with E-state index in [-0.39, 0.29) is 11.7 Å². The normalized spacial score (nSPS) is 14.2. The maximum Gasteiger partial charge on any atom is 0.224 e. The Balaban J connectivity index is 1.50. The van der Waals surface area contributed by atoms with E-state index in [1.807, 2.05) is 24.3 Å². The molecular weight excluding hydrogens is 326 g/mol. The quantitative estimate of drug-likeness (QED) is 0.730. The minimum Gasteiger partial charge on any atom is -0.490 e. The van der Waals surface area contributed by atoms with E-state index in [0.717, 1.165) is 24.2 Å². The summed E-state index contributed by atoms with van der Waals surface area (Å²) in [4.78, 5) is 23.4. The highest BCUT2D eigenvalue weighted by Gasteiger charge is 2.16. The van der Waals surface area contributed by atoms with Crippen molar-refractivity contribution in [3.8, 4) is 5.75 Å². The van der Waals surface area contributed by atoms with Crippen LogP contribution in [0.4, 0.5) is 5.69 Å². The van der Waals surface area contributed by atoms with Crippen molar-refractivity contribution in [2.45, 2.75) is 51.6 Å². The van der Waals surface area contributed by atoms with Gasteiger partial charge in [0.1, 0.15) is 5.75 Å². The van der Waals surface area contributed by atoms with Crippen LogP contribution in [-0.4, -0.2) is 17.8 Å². The molecule has 2 aromatic carbocycles. The summed E-state index contributed by atoms with van der Waals surface area (Å²) in [6.45, 7) is 1.53. The predicted octanol–water partition coefficient (Wildman–Crippen LogP) is 4.78. The van der Waals surface area contributed by atoms with Gasteiger partial charge in [0.2, 0.25) is 5.91 Å². The number of ether oxygens (including phenoxy) is 1. The number of aryl methyl sites for hydroxylation is 1. The van der Waals surface area contributed by atoms with Crippen molar-refractivity contribution in [3.63, 3.8) is 0 Å². The molecular formula is C22H25NO3. The fourth-order valence-corrected chi connectivity index (χ4v) is 3.24. The Hall–Kier alpha value is -2.62. The van der Waals surface area contributed by atoms with Crippen molar-refractivity contribution in [3.05, 3.63) is 59.7 Å². The summed E-state index contributed by atoms with van der Waals surface area (Å²) in [5, 5.41) is 2.87. The van der Waals surface area contributed by atoms with Gasteiger partial charge in [-0.3, -0.25) is 9.59 Å². The number of anilines is 1. The molecule has 0 radical (unpaired) electrons. The molecule has 1 aliphatic rings. The van der Waals surface area contributed by atoms with Crippen LogP contribution in [0.5, 0.6) is 5.75 Å². The highest BCUT2D eigenvalue weighted by molar-refractivity contribution is 5.95. The molecule has 1 fully saturated rings. The van der Waals surface area contributed by atoms with Crippen molar-refractivity contribution in [2.75, 3.05) is 5.32 Å². The first-order valence-corrected chi connectivity index (χ1v) is 9.26. The van der Waals surface area contributed by atoms with E-state index >= 15 is 0 Å².